The van der Waals surface area contributed by atoms with Crippen LogP contribution >= 0.6 is 23.8 Å². The van der Waals surface area contributed by atoms with Gasteiger partial charge in [-0.2, -0.15) is 0 Å². The van der Waals surface area contributed by atoms with E-state index in [1.54, 1.807) is 0 Å². The highest BCUT2D eigenvalue weighted by molar-refractivity contribution is 7.80. The molecular weight excluding hydrogens is 436 g/mol. The fourth-order valence-electron chi connectivity index (χ4n) is 5.56. The lowest BCUT2D eigenvalue weighted by molar-refractivity contribution is 0.245. The number of thiocarbonyl (C=S) groups is 1. The number of hydrogen-bond acceptors (Lipinski definition) is 2. The Labute approximate surface area is 200 Å². The van der Waals surface area contributed by atoms with E-state index in [-0.39, 0.29) is 12.1 Å². The third-order valence-corrected chi connectivity index (χ3v) is 7.62. The van der Waals surface area contributed by atoms with E-state index in [4.69, 9.17) is 28.8 Å². The topological polar surface area (TPSA) is 33.1 Å². The first-order chi connectivity index (χ1) is 15.5. The second-order valence-electron chi connectivity index (χ2n) is 9.06. The van der Waals surface area contributed by atoms with E-state index in [1.165, 1.54) is 48.2 Å². The lowest BCUT2D eigenvalue weighted by atomic mass is 9.95. The summed E-state index contributed by atoms with van der Waals surface area (Å²) >= 11 is 12.3. The Balaban J connectivity index is 1.66. The maximum absolute atomic E-state index is 6.38. The van der Waals surface area contributed by atoms with E-state index in [9.17, 15) is 0 Å². The molecule has 32 heavy (non-hydrogen) atoms. The summed E-state index contributed by atoms with van der Waals surface area (Å²) in [5, 5.41) is 5.23. The summed E-state index contributed by atoms with van der Waals surface area (Å²) in [6, 6.07) is 15.2. The summed E-state index contributed by atoms with van der Waals surface area (Å²) in [5.74, 6) is 0. The van der Waals surface area contributed by atoms with Crippen molar-refractivity contribution in [3.63, 3.8) is 0 Å². The van der Waals surface area contributed by atoms with Crippen molar-refractivity contribution in [2.75, 3.05) is 0 Å². The van der Waals surface area contributed by atoms with E-state index in [2.05, 4.69) is 65.9 Å². The second-order valence-corrected chi connectivity index (χ2v) is 9.89. The zero-order chi connectivity index (χ0) is 22.4. The number of aryl methyl sites for hydroxylation is 2. The average Bonchev–Trinajstić information content (AvgIpc) is 3.49. The highest BCUT2D eigenvalue weighted by Gasteiger charge is 2.44. The van der Waals surface area contributed by atoms with Gasteiger partial charge in [0.1, 0.15) is 0 Å². The van der Waals surface area contributed by atoms with Gasteiger partial charge in [0.2, 0.25) is 0 Å². The molecule has 1 saturated heterocycles. The SMILES string of the molecule is Cc1ccc(Cl)cc1-n1c(C)cc(C2C(c3ccccn3)NC(=S)N2C2CCCC2)c1C. The van der Waals surface area contributed by atoms with Crippen LogP contribution in [0.1, 0.15) is 66.0 Å². The molecule has 1 aromatic carbocycles. The summed E-state index contributed by atoms with van der Waals surface area (Å²) < 4.78 is 2.33. The molecule has 2 unspecified atom stereocenters. The summed E-state index contributed by atoms with van der Waals surface area (Å²) in [4.78, 5) is 7.17. The molecule has 2 aliphatic rings. The summed E-state index contributed by atoms with van der Waals surface area (Å²) in [6.45, 7) is 6.53. The Morgan fingerprint density at radius 1 is 1.06 bits per heavy atom. The monoisotopic (exact) mass is 464 g/mol. The van der Waals surface area contributed by atoms with Gasteiger partial charge in [-0.15, -0.1) is 0 Å². The zero-order valence-corrected chi connectivity index (χ0v) is 20.4. The largest absolute Gasteiger partial charge is 0.352 e. The molecule has 3 aromatic rings. The van der Waals surface area contributed by atoms with Crippen LogP contribution in [-0.4, -0.2) is 25.6 Å². The first kappa shape index (κ1) is 21.5. The number of benzene rings is 1. The van der Waals surface area contributed by atoms with Crippen molar-refractivity contribution >= 4 is 28.9 Å². The molecule has 0 amide bonds. The molecule has 1 aliphatic heterocycles. The molecule has 2 atom stereocenters. The standard InChI is InChI=1S/C26H29ClN4S/c1-16-11-12-19(27)15-23(16)30-17(2)14-21(18(30)3)25-24(22-10-6-7-13-28-22)29-26(32)31(25)20-8-4-5-9-20/h6-7,10-15,20,24-25H,4-5,8-9H2,1-3H3,(H,29,32). The van der Waals surface area contributed by atoms with Crippen LogP contribution in [0, 0.1) is 20.8 Å². The maximum Gasteiger partial charge on any atom is 0.170 e. The van der Waals surface area contributed by atoms with Gasteiger partial charge in [0.15, 0.2) is 5.11 Å². The number of rotatable bonds is 4. The van der Waals surface area contributed by atoms with Gasteiger partial charge >= 0.3 is 0 Å². The highest BCUT2D eigenvalue weighted by atomic mass is 35.5. The third-order valence-electron chi connectivity index (χ3n) is 7.05. The van der Waals surface area contributed by atoms with Gasteiger partial charge in [0.25, 0.3) is 0 Å². The highest BCUT2D eigenvalue weighted by Crippen LogP contribution is 2.45. The predicted molar refractivity (Wildman–Crippen MR) is 135 cm³/mol. The quantitative estimate of drug-likeness (QED) is 0.455. The van der Waals surface area contributed by atoms with Gasteiger partial charge in [0, 0.05) is 34.3 Å². The Kier molecular flexibility index (Phi) is 5.72. The third kappa shape index (κ3) is 3.61. The molecule has 2 aromatic heterocycles. The second kappa shape index (κ2) is 8.53. The molecule has 5 rings (SSSR count). The maximum atomic E-state index is 6.38. The lowest BCUT2D eigenvalue weighted by Gasteiger charge is -2.33. The Morgan fingerprint density at radius 2 is 1.84 bits per heavy atom. The number of pyridine rings is 1. The Morgan fingerprint density at radius 3 is 2.56 bits per heavy atom. The number of halogens is 1. The van der Waals surface area contributed by atoms with Crippen LogP contribution in [0.4, 0.5) is 0 Å². The molecule has 6 heteroatoms. The first-order valence-electron chi connectivity index (χ1n) is 11.4. The van der Waals surface area contributed by atoms with Crippen molar-refractivity contribution in [3.05, 3.63) is 81.9 Å². The van der Waals surface area contributed by atoms with Crippen molar-refractivity contribution in [1.82, 2.24) is 19.8 Å². The zero-order valence-electron chi connectivity index (χ0n) is 18.8. The van der Waals surface area contributed by atoms with Gasteiger partial charge in [-0.25, -0.2) is 0 Å². The molecule has 1 saturated carbocycles. The molecule has 166 valence electrons. The van der Waals surface area contributed by atoms with E-state index in [0.29, 0.717) is 6.04 Å². The molecule has 2 fully saturated rings. The van der Waals surface area contributed by atoms with Gasteiger partial charge in [-0.1, -0.05) is 36.6 Å². The van der Waals surface area contributed by atoms with Crippen LogP contribution < -0.4 is 5.32 Å². The molecule has 1 aliphatic carbocycles. The summed E-state index contributed by atoms with van der Waals surface area (Å²) in [5.41, 5.74) is 7.10. The van der Waals surface area contributed by atoms with E-state index < -0.39 is 0 Å². The molecule has 1 N–H and O–H groups in total. The summed E-state index contributed by atoms with van der Waals surface area (Å²) in [7, 11) is 0. The molecular formula is C26H29ClN4S. The summed E-state index contributed by atoms with van der Waals surface area (Å²) in [6.07, 6.45) is 6.80. The number of nitrogens with one attached hydrogen (secondary N) is 1. The van der Waals surface area contributed by atoms with Crippen molar-refractivity contribution in [3.8, 4) is 5.69 Å². The van der Waals surface area contributed by atoms with Crippen LogP contribution in [0.2, 0.25) is 5.02 Å². The minimum atomic E-state index is 0.0266. The first-order valence-corrected chi connectivity index (χ1v) is 12.2. The molecule has 4 nitrogen and oxygen atoms in total. The van der Waals surface area contributed by atoms with E-state index >= 15 is 0 Å². The fourth-order valence-corrected chi connectivity index (χ4v) is 6.11. The van der Waals surface area contributed by atoms with Gasteiger partial charge < -0.3 is 14.8 Å². The number of hydrogen-bond donors (Lipinski definition) is 1. The van der Waals surface area contributed by atoms with Crippen molar-refractivity contribution in [2.45, 2.75) is 64.6 Å². The molecule has 0 bridgehead atoms. The smallest absolute Gasteiger partial charge is 0.170 e. The number of aromatic nitrogens is 2. The fraction of sp³-hybridized carbons (Fsp3) is 0.385. The Bertz CT molecular complexity index is 1150. The van der Waals surface area contributed by atoms with Crippen molar-refractivity contribution < 1.29 is 0 Å². The number of nitrogens with zero attached hydrogens (tertiary/aromatic N) is 3. The van der Waals surface area contributed by atoms with Crippen LogP contribution in [0.3, 0.4) is 0 Å². The van der Waals surface area contributed by atoms with Crippen LogP contribution in [0.15, 0.2) is 48.7 Å². The minimum Gasteiger partial charge on any atom is -0.352 e. The van der Waals surface area contributed by atoms with Gasteiger partial charge in [0.05, 0.1) is 17.8 Å². The van der Waals surface area contributed by atoms with E-state index in [0.717, 1.165) is 21.5 Å². The van der Waals surface area contributed by atoms with Crippen LogP contribution in [0.5, 0.6) is 0 Å². The van der Waals surface area contributed by atoms with Gasteiger partial charge in [-0.3, -0.25) is 4.98 Å². The Hall–Kier alpha value is -2.37. The predicted octanol–water partition coefficient (Wildman–Crippen LogP) is 6.37. The van der Waals surface area contributed by atoms with Crippen LogP contribution in [0.25, 0.3) is 5.69 Å². The van der Waals surface area contributed by atoms with E-state index in [1.807, 2.05) is 18.3 Å². The normalized spacial score (nSPS) is 21.4. The van der Waals surface area contributed by atoms with Crippen molar-refractivity contribution in [1.29, 1.82) is 0 Å². The molecule has 0 radical (unpaired) electrons. The molecule has 3 heterocycles. The molecule has 0 spiro atoms. The lowest BCUT2D eigenvalue weighted by Crippen LogP contribution is -2.37. The minimum absolute atomic E-state index is 0.0266. The van der Waals surface area contributed by atoms with Gasteiger partial charge in [-0.05, 0) is 87.3 Å². The van der Waals surface area contributed by atoms with Crippen molar-refractivity contribution in [2.24, 2.45) is 0 Å². The average molecular weight is 465 g/mol. The van der Waals surface area contributed by atoms with Crippen LogP contribution in [-0.2, 0) is 0 Å².